The summed E-state index contributed by atoms with van der Waals surface area (Å²) in [7, 11) is 0. The summed E-state index contributed by atoms with van der Waals surface area (Å²) in [5.41, 5.74) is 2.25. The fraction of sp³-hybridized carbons (Fsp3) is 0.467. The Bertz CT molecular complexity index is 601. The minimum atomic E-state index is -0.362. The molecule has 1 aliphatic rings. The van der Waals surface area contributed by atoms with Gasteiger partial charge in [0, 0.05) is 23.7 Å². The number of hydrogen-bond acceptors (Lipinski definition) is 5. The number of nitrogens with zero attached hydrogens (tertiary/aromatic N) is 1. The molecular formula is C15H19NO4S. The van der Waals surface area contributed by atoms with Gasteiger partial charge in [0.2, 0.25) is 0 Å². The monoisotopic (exact) mass is 309 g/mol. The van der Waals surface area contributed by atoms with Crippen LogP contribution in [-0.4, -0.2) is 35.0 Å². The first-order valence-electron chi connectivity index (χ1n) is 6.87. The molecule has 1 aliphatic heterocycles. The molecule has 0 aliphatic carbocycles. The molecule has 0 spiro atoms. The Balaban J connectivity index is 2.31. The number of carbonyl (C=O) groups is 2. The lowest BCUT2D eigenvalue weighted by atomic mass is 10.2. The Morgan fingerprint density at radius 2 is 2.19 bits per heavy atom. The third-order valence-electron chi connectivity index (χ3n) is 2.93. The fourth-order valence-electron chi connectivity index (χ4n) is 2.13. The van der Waals surface area contributed by atoms with Gasteiger partial charge in [0.05, 0.1) is 23.3 Å². The van der Waals surface area contributed by atoms with E-state index in [0.29, 0.717) is 17.9 Å². The molecule has 0 unspecified atom stereocenters. The van der Waals surface area contributed by atoms with Crippen LogP contribution in [0.2, 0.25) is 0 Å². The van der Waals surface area contributed by atoms with E-state index in [9.17, 15) is 9.59 Å². The van der Waals surface area contributed by atoms with E-state index in [1.54, 1.807) is 6.92 Å². The third-order valence-corrected chi connectivity index (χ3v) is 4.05. The van der Waals surface area contributed by atoms with Crippen molar-refractivity contribution in [2.45, 2.75) is 38.8 Å². The Morgan fingerprint density at radius 3 is 2.81 bits per heavy atom. The predicted molar refractivity (Wildman–Crippen MR) is 81.4 cm³/mol. The summed E-state index contributed by atoms with van der Waals surface area (Å²) in [6, 6.07) is 0. The minimum Gasteiger partial charge on any atom is -0.463 e. The van der Waals surface area contributed by atoms with E-state index in [1.807, 2.05) is 31.5 Å². The Kier molecular flexibility index (Phi) is 4.77. The highest BCUT2D eigenvalue weighted by atomic mass is 32.2. The number of aryl methyl sites for hydroxylation is 1. The number of fused-ring (bicyclic) bond motifs is 1. The van der Waals surface area contributed by atoms with Crippen molar-refractivity contribution in [1.82, 2.24) is 4.57 Å². The lowest BCUT2D eigenvalue weighted by molar-refractivity contribution is -0.137. The van der Waals surface area contributed by atoms with Gasteiger partial charge >= 0.3 is 11.9 Å². The number of rotatable bonds is 4. The molecule has 1 aromatic rings. The Hall–Kier alpha value is -1.69. The molecule has 2 rings (SSSR count). The maximum absolute atomic E-state index is 12.2. The number of esters is 2. The molecule has 0 radical (unpaired) electrons. The minimum absolute atomic E-state index is 0.159. The van der Waals surface area contributed by atoms with Gasteiger partial charge in [0.25, 0.3) is 0 Å². The third kappa shape index (κ3) is 3.32. The zero-order chi connectivity index (χ0) is 15.6. The average Bonchev–Trinajstić information content (AvgIpc) is 2.88. The maximum Gasteiger partial charge on any atom is 0.341 e. The first-order chi connectivity index (χ1) is 9.93. The molecule has 0 amide bonds. The molecule has 0 aromatic carbocycles. The lowest BCUT2D eigenvalue weighted by Crippen LogP contribution is -2.12. The van der Waals surface area contributed by atoms with Gasteiger partial charge in [-0.15, -0.1) is 11.8 Å². The molecule has 2 heterocycles. The van der Waals surface area contributed by atoms with E-state index in [2.05, 4.69) is 0 Å². The van der Waals surface area contributed by atoms with Crippen molar-refractivity contribution >= 4 is 29.4 Å². The van der Waals surface area contributed by atoms with Crippen LogP contribution in [0.15, 0.2) is 17.3 Å². The summed E-state index contributed by atoms with van der Waals surface area (Å²) in [6.07, 6.45) is 3.18. The first kappa shape index (κ1) is 15.7. The van der Waals surface area contributed by atoms with E-state index in [4.69, 9.17) is 9.47 Å². The molecule has 0 N–H and O–H groups in total. The van der Waals surface area contributed by atoms with Crippen LogP contribution in [0.25, 0.3) is 5.70 Å². The van der Waals surface area contributed by atoms with Gasteiger partial charge in [0.15, 0.2) is 0 Å². The molecule has 5 nitrogen and oxygen atoms in total. The molecular weight excluding hydrogens is 290 g/mol. The summed E-state index contributed by atoms with van der Waals surface area (Å²) >= 11 is 1.52. The summed E-state index contributed by atoms with van der Waals surface area (Å²) in [4.78, 5) is 23.7. The Labute approximate surface area is 128 Å². The van der Waals surface area contributed by atoms with Crippen molar-refractivity contribution in [2.75, 3.05) is 12.4 Å². The first-order valence-corrected chi connectivity index (χ1v) is 7.86. The van der Waals surface area contributed by atoms with Crippen LogP contribution in [0.1, 0.15) is 36.7 Å². The molecule has 0 saturated carbocycles. The molecule has 114 valence electrons. The summed E-state index contributed by atoms with van der Waals surface area (Å²) in [5.74, 6) is -0.0455. The summed E-state index contributed by atoms with van der Waals surface area (Å²) < 4.78 is 12.1. The van der Waals surface area contributed by atoms with Crippen LogP contribution >= 0.6 is 11.8 Å². The van der Waals surface area contributed by atoms with Crippen LogP contribution in [0.5, 0.6) is 0 Å². The maximum atomic E-state index is 12.2. The second-order valence-corrected chi connectivity index (χ2v) is 5.96. The number of hydrogen-bond donors (Lipinski definition) is 0. The highest BCUT2D eigenvalue weighted by molar-refractivity contribution is 8.00. The van der Waals surface area contributed by atoms with Crippen LogP contribution in [-0.2, 0) is 14.3 Å². The summed E-state index contributed by atoms with van der Waals surface area (Å²) in [6.45, 7) is 7.63. The molecule has 0 bridgehead atoms. The highest BCUT2D eigenvalue weighted by Crippen LogP contribution is 2.38. The van der Waals surface area contributed by atoms with Crippen molar-refractivity contribution in [1.29, 1.82) is 0 Å². The second-order valence-electron chi connectivity index (χ2n) is 4.99. The van der Waals surface area contributed by atoms with Crippen molar-refractivity contribution in [3.8, 4) is 0 Å². The van der Waals surface area contributed by atoms with Gasteiger partial charge in [-0.3, -0.25) is 0 Å². The standard InChI is InChI=1S/C15H19NO4S/c1-5-19-12(17)6-11-8-21-14-13(10(4)7-16(11)14)15(18)20-9(2)3/h6-7,9H,5,8H2,1-4H3. The van der Waals surface area contributed by atoms with Gasteiger partial charge in [-0.1, -0.05) is 0 Å². The number of ether oxygens (including phenoxy) is 2. The number of carbonyl (C=O) groups excluding carboxylic acids is 2. The SMILES string of the molecule is CCOC(=O)C=C1CSc2c(C(=O)OC(C)C)c(C)cn21. The van der Waals surface area contributed by atoms with E-state index >= 15 is 0 Å². The van der Waals surface area contributed by atoms with Crippen LogP contribution in [0, 0.1) is 6.92 Å². The number of thioether (sulfide) groups is 1. The molecule has 0 saturated heterocycles. The molecule has 6 heteroatoms. The fourth-order valence-corrected chi connectivity index (χ4v) is 3.33. The molecule has 1 aromatic heterocycles. The van der Waals surface area contributed by atoms with Crippen molar-refractivity contribution in [2.24, 2.45) is 0 Å². The van der Waals surface area contributed by atoms with Gasteiger partial charge in [0.1, 0.15) is 0 Å². The van der Waals surface area contributed by atoms with E-state index in [0.717, 1.165) is 16.3 Å². The largest absolute Gasteiger partial charge is 0.463 e. The highest BCUT2D eigenvalue weighted by Gasteiger charge is 2.28. The van der Waals surface area contributed by atoms with E-state index in [-0.39, 0.29) is 18.0 Å². The molecule has 0 fully saturated rings. The number of aromatic nitrogens is 1. The van der Waals surface area contributed by atoms with Crippen LogP contribution in [0.3, 0.4) is 0 Å². The predicted octanol–water partition coefficient (Wildman–Crippen LogP) is 2.87. The van der Waals surface area contributed by atoms with Gasteiger partial charge in [-0.05, 0) is 33.3 Å². The van der Waals surface area contributed by atoms with Crippen molar-refractivity contribution in [3.63, 3.8) is 0 Å². The molecule has 21 heavy (non-hydrogen) atoms. The molecule has 0 atom stereocenters. The zero-order valence-corrected chi connectivity index (χ0v) is 13.5. The topological polar surface area (TPSA) is 57.5 Å². The van der Waals surface area contributed by atoms with E-state index < -0.39 is 0 Å². The van der Waals surface area contributed by atoms with Crippen LogP contribution in [0.4, 0.5) is 0 Å². The second kappa shape index (κ2) is 6.39. The van der Waals surface area contributed by atoms with Crippen molar-refractivity contribution < 1.29 is 19.1 Å². The average molecular weight is 309 g/mol. The lowest BCUT2D eigenvalue weighted by Gasteiger charge is -2.08. The van der Waals surface area contributed by atoms with Gasteiger partial charge in [-0.2, -0.15) is 0 Å². The normalized spacial score (nSPS) is 15.4. The van der Waals surface area contributed by atoms with Crippen LogP contribution < -0.4 is 0 Å². The zero-order valence-electron chi connectivity index (χ0n) is 12.6. The summed E-state index contributed by atoms with van der Waals surface area (Å²) in [5, 5.41) is 0.827. The van der Waals surface area contributed by atoms with Gasteiger partial charge in [-0.25, -0.2) is 9.59 Å². The quantitative estimate of drug-likeness (QED) is 0.632. The van der Waals surface area contributed by atoms with Gasteiger partial charge < -0.3 is 14.0 Å². The smallest absolute Gasteiger partial charge is 0.341 e. The van der Waals surface area contributed by atoms with Crippen molar-refractivity contribution in [3.05, 3.63) is 23.4 Å². The Morgan fingerprint density at radius 1 is 1.48 bits per heavy atom. The van der Waals surface area contributed by atoms with E-state index in [1.165, 1.54) is 17.8 Å².